The van der Waals surface area contributed by atoms with Crippen LogP contribution in [0.2, 0.25) is 0 Å². The summed E-state index contributed by atoms with van der Waals surface area (Å²) in [6, 6.07) is 9.07. The highest BCUT2D eigenvalue weighted by molar-refractivity contribution is 9.19. The van der Waals surface area contributed by atoms with E-state index in [2.05, 4.69) is 164 Å². The van der Waals surface area contributed by atoms with E-state index in [9.17, 15) is 9.59 Å². The first-order valence-electron chi connectivity index (χ1n) is 20.0. The minimum absolute atomic E-state index is 0.0571. The Hall–Kier alpha value is 10.3. The second-order valence-corrected chi connectivity index (χ2v) is 124. The van der Waals surface area contributed by atoms with Crippen molar-refractivity contribution < 1.29 is 42.2 Å². The summed E-state index contributed by atoms with van der Waals surface area (Å²) in [5, 5.41) is 0. The van der Waals surface area contributed by atoms with Gasteiger partial charge in [-0.1, -0.05) is 48.9 Å². The quantitative estimate of drug-likeness (QED) is 0.0717. The van der Waals surface area contributed by atoms with Gasteiger partial charge in [0.15, 0.2) is 11.4 Å². The van der Waals surface area contributed by atoms with Crippen LogP contribution in [0.15, 0.2) is 41.5 Å². The first-order valence-corrected chi connectivity index (χ1v) is 72.2. The van der Waals surface area contributed by atoms with Gasteiger partial charge in [0, 0.05) is 40.2 Å². The maximum absolute atomic E-state index is 17.2. The average molecular weight is 1490 g/mol. The number of ether oxygens (including phenoxy) is 3. The van der Waals surface area contributed by atoms with Crippen molar-refractivity contribution in [2.75, 3.05) is 6.61 Å². The molecule has 1 aromatic carbocycles. The molecule has 9 nitrogen and oxygen atoms in total. The first kappa shape index (κ1) is 69.1. The van der Waals surface area contributed by atoms with E-state index in [0.717, 1.165) is 11.1 Å². The van der Waals surface area contributed by atoms with Gasteiger partial charge in [0.2, 0.25) is 0 Å². The predicted octanol–water partition coefficient (Wildman–Crippen LogP) is 20.4. The van der Waals surface area contributed by atoms with Crippen LogP contribution in [0.1, 0.15) is 57.8 Å². The van der Waals surface area contributed by atoms with Crippen molar-refractivity contribution in [3.05, 3.63) is 47.0 Å². The summed E-state index contributed by atoms with van der Waals surface area (Å²) in [7, 11) is 46.4. The zero-order valence-electron chi connectivity index (χ0n) is 37.8. The minimum Gasteiger partial charge on any atom is -0.458 e. The molecule has 22 unspecified atom stereocenters. The fourth-order valence-corrected chi connectivity index (χ4v) is 204. The Morgan fingerprint density at radius 2 is 1.31 bits per heavy atom. The van der Waals surface area contributed by atoms with E-state index >= 15 is 4.79 Å². The van der Waals surface area contributed by atoms with Crippen molar-refractivity contribution in [3.8, 4) is 0 Å². The molecule has 386 valence electrons. The average Bonchev–Trinajstić information content (AvgIpc) is 3.23. The summed E-state index contributed by atoms with van der Waals surface area (Å²) in [4.78, 5) is 45.8. The molecule has 4 aliphatic rings. The summed E-state index contributed by atoms with van der Waals surface area (Å²) >= 11 is 0. The molecule has 39 heteroatoms. The van der Waals surface area contributed by atoms with Gasteiger partial charge in [-0.2, -0.15) is 0 Å². The number of esters is 2. The van der Waals surface area contributed by atoms with E-state index in [0.29, 0.717) is 26.4 Å². The lowest BCUT2D eigenvalue weighted by Crippen LogP contribution is -2.79. The molecule has 0 aromatic heterocycles. The number of fused-ring (bicyclic) bond motifs is 5. The Balaban J connectivity index is 1.94. The van der Waals surface area contributed by atoms with Crippen LogP contribution in [0.4, 0.5) is 0 Å². The number of carbonyl (C=O) groups excluding carboxylic acids is 3. The van der Waals surface area contributed by atoms with Crippen LogP contribution < -0.4 is 0 Å². The van der Waals surface area contributed by atoms with Crippen LogP contribution in [0.5, 0.6) is 0 Å². The van der Waals surface area contributed by atoms with Gasteiger partial charge in [0.1, 0.15) is 18.3 Å². The zero-order chi connectivity index (χ0) is 51.1. The van der Waals surface area contributed by atoms with Crippen LogP contribution in [0.3, 0.4) is 0 Å². The molecule has 3 fully saturated rings. The number of ketones is 1. The highest BCUT2D eigenvalue weighted by Gasteiger charge is 2.76. The lowest BCUT2D eigenvalue weighted by molar-refractivity contribution is -0.332. The maximum Gasteiger partial charge on any atom is 0.338 e. The summed E-state index contributed by atoms with van der Waals surface area (Å²) < 4.78 is 43.4. The Bertz CT molecular complexity index is 1940. The fraction of sp³-hybridized carbons (Fsp3) is 0.621. The molecule has 1 aromatic rings. The molecule has 1 heterocycles. The molecule has 0 spiro atoms. The van der Waals surface area contributed by atoms with Crippen molar-refractivity contribution in [2.24, 2.45) is 22.7 Å². The van der Waals surface area contributed by atoms with E-state index in [1.165, 1.54) is 6.92 Å². The summed E-state index contributed by atoms with van der Waals surface area (Å²) in [6.07, 6.45) is -2.79. The van der Waals surface area contributed by atoms with E-state index in [4.69, 9.17) is 27.8 Å². The molecular formula is C29H66O9P30. The van der Waals surface area contributed by atoms with Crippen LogP contribution in [-0.2, 0) is 37.4 Å². The second kappa shape index (κ2) is 30.6. The highest BCUT2D eigenvalue weighted by atomic mass is 33.2. The largest absolute Gasteiger partial charge is 0.458 e. The van der Waals surface area contributed by atoms with Crippen molar-refractivity contribution in [2.45, 2.75) is 83.6 Å². The van der Waals surface area contributed by atoms with Gasteiger partial charge in [0.25, 0.3) is 0 Å². The molecule has 2 bridgehead atoms. The maximum atomic E-state index is 17.2. The lowest BCUT2D eigenvalue weighted by atomic mass is 9.46. The predicted molar refractivity (Wildman–Crippen MR) is 384 cm³/mol. The second-order valence-electron chi connectivity index (χ2n) is 16.7. The van der Waals surface area contributed by atoms with Crippen molar-refractivity contribution in [1.82, 2.24) is 0 Å². The van der Waals surface area contributed by atoms with Crippen LogP contribution >= 0.6 is 243 Å². The van der Waals surface area contributed by atoms with Crippen molar-refractivity contribution in [1.29, 1.82) is 0 Å². The van der Waals surface area contributed by atoms with Crippen molar-refractivity contribution in [3.63, 3.8) is 0 Å². The number of hydrogen-bond acceptors (Lipinski definition) is 9. The van der Waals surface area contributed by atoms with Gasteiger partial charge >= 0.3 is 11.9 Å². The van der Waals surface area contributed by atoms with Crippen molar-refractivity contribution >= 4 is 261 Å². The number of Topliss-reactive ketones (excluding diaryl/α,β-unsaturated/α-hetero) is 1. The van der Waals surface area contributed by atoms with E-state index in [1.807, 2.05) is 25.1 Å². The third-order valence-electron chi connectivity index (χ3n) is 12.4. The molecule has 68 heavy (non-hydrogen) atoms. The Labute approximate surface area is 458 Å². The van der Waals surface area contributed by atoms with Gasteiger partial charge in [0.05, 0.1) is 58.3 Å². The highest BCUT2D eigenvalue weighted by Crippen LogP contribution is 3.18. The molecule has 0 N–H and O–H groups in total. The molecule has 5 rings (SSSR count). The van der Waals surface area contributed by atoms with Crippen LogP contribution in [0.25, 0.3) is 0 Å². The fourth-order valence-electron chi connectivity index (χ4n) is 9.55. The smallest absolute Gasteiger partial charge is 0.338 e. The Kier molecular flexibility index (Phi) is 31.1. The topological polar surface area (TPSA) is 107 Å². The van der Waals surface area contributed by atoms with Gasteiger partial charge < -0.3 is 27.8 Å². The standard InChI is InChI=1S/C29H66O9P30/c1-14-18(36-58(66(54)62(46)47)68(64(50)51)65(52)53)11-17-22(34-26(32)16-9-7-6-8-10-16)24-28(5,19(37-56(59(40)41)60(42)43)12-20-29(24,13-33-20)35-15(2)30)25(31)23(21(14)27(17,3)4)38-57(61(44)45)67(55-39)63(48)49/h6-10,17-20,22-24,55H,11-13,39-54H2,1-5H3/t17?,18-,19-,20+,22+,23+,24-,28+,29-,57?,58?,66?,67?/m0/s1. The van der Waals surface area contributed by atoms with Gasteiger partial charge in [-0.05, 0) is 97.9 Å². The van der Waals surface area contributed by atoms with Gasteiger partial charge in [-0.15, -0.1) is 134 Å². The molecule has 30 atom stereocenters. The first-order chi connectivity index (χ1) is 31.6. The van der Waals surface area contributed by atoms with E-state index in [1.54, 1.807) is 12.1 Å². The lowest BCUT2D eigenvalue weighted by Gasteiger charge is -2.67. The number of carbonyl (C=O) groups is 3. The monoisotopic (exact) mass is 1490 g/mol. The van der Waals surface area contributed by atoms with Gasteiger partial charge in [-0.25, -0.2) is 4.79 Å². The molecule has 0 amide bonds. The minimum atomic E-state index is -1.39. The molecule has 3 aliphatic carbocycles. The number of benzene rings is 1. The molecule has 1 aliphatic heterocycles. The molecule has 0 radical (unpaired) electrons. The summed E-state index contributed by atoms with van der Waals surface area (Å²) in [6.45, 7) is 3.94. The van der Waals surface area contributed by atoms with Crippen LogP contribution in [-0.4, -0.2) is 60.4 Å². The van der Waals surface area contributed by atoms with E-state index < -0.39 is 163 Å². The summed E-state index contributed by atoms with van der Waals surface area (Å²) in [5.41, 5.74) is -1.13. The SMILES string of the molecule is CC(=O)O[C@@]12CO[C@@H]1C[C@H](OP(P(P)P)P(P)P)[C@@]1(C)C(=O)[C@H](OP(P(P)P)P(PP)P(P)P)C3=C(C)[C@@H](OP(P(P)P(P)P)P(P(P)P)P(P)P)CC([C@@H](OC(=O)c4ccccc4)[C@H]21)C3(C)C. The number of rotatable bonds is 20. The molecule has 1 saturated heterocycles. The Morgan fingerprint density at radius 1 is 0.735 bits per heavy atom. The number of hydrogen-bond donors (Lipinski definition) is 0. The third kappa shape index (κ3) is 15.8. The Morgan fingerprint density at radius 3 is 1.76 bits per heavy atom. The molecular weight excluding hydrogens is 1420 g/mol. The summed E-state index contributed by atoms with van der Waals surface area (Å²) in [5.74, 6) is -2.39. The molecule has 2 saturated carbocycles. The normalized spacial score (nSPS) is 31.4. The van der Waals surface area contributed by atoms with Crippen LogP contribution in [0, 0.1) is 22.7 Å². The van der Waals surface area contributed by atoms with E-state index in [-0.39, 0.29) is 12.4 Å². The van der Waals surface area contributed by atoms with Gasteiger partial charge in [-0.3, -0.25) is 9.59 Å². The zero-order valence-corrected chi connectivity index (χ0v) is 68.9. The third-order valence-corrected chi connectivity index (χ3v) is 153.